The zero-order valence-electron chi connectivity index (χ0n) is 15.7. The first-order chi connectivity index (χ1) is 13.2. The predicted octanol–water partition coefficient (Wildman–Crippen LogP) is -3.62. The van der Waals surface area contributed by atoms with Gasteiger partial charge in [-0.3, -0.25) is 14.4 Å². The number of aliphatic hydroxyl groups is 4. The van der Waals surface area contributed by atoms with Crippen LogP contribution in [0.4, 0.5) is 0 Å². The number of hydroxylamine groups is 1. The maximum absolute atomic E-state index is 12.1. The van der Waals surface area contributed by atoms with Crippen LogP contribution in [-0.2, 0) is 28.7 Å². The van der Waals surface area contributed by atoms with Gasteiger partial charge in [-0.25, -0.2) is 5.48 Å². The minimum Gasteiger partial charge on any atom is -0.394 e. The van der Waals surface area contributed by atoms with E-state index in [0.717, 1.165) is 0 Å². The van der Waals surface area contributed by atoms with E-state index in [1.165, 1.54) is 14.0 Å². The molecule has 12 heteroatoms. The molecular weight excluding hydrogens is 380 g/mol. The summed E-state index contributed by atoms with van der Waals surface area (Å²) in [5.41, 5.74) is 0.574. The SMILES string of the molecule is COCCONC(=O)CC(=O)N[C@H]1C([C@H](O)[C@H](O)CO)O[C@](C)(C=O)C[C@@H]1O. The molecule has 6 N–H and O–H groups in total. The molecule has 0 radical (unpaired) electrons. The van der Waals surface area contributed by atoms with Gasteiger partial charge in [0.05, 0.1) is 32.0 Å². The number of methoxy groups -OCH3 is 1. The number of hydrogen-bond donors (Lipinski definition) is 6. The Bertz CT molecular complexity index is 534. The molecule has 0 saturated carbocycles. The minimum absolute atomic E-state index is 0.0800. The zero-order valence-corrected chi connectivity index (χ0v) is 15.7. The summed E-state index contributed by atoms with van der Waals surface area (Å²) in [5.74, 6) is -1.57. The van der Waals surface area contributed by atoms with Gasteiger partial charge in [0.2, 0.25) is 5.91 Å². The first kappa shape index (κ1) is 24.4. The summed E-state index contributed by atoms with van der Waals surface area (Å²) in [6.07, 6.45) is -6.48. The maximum atomic E-state index is 12.1. The van der Waals surface area contributed by atoms with Crippen LogP contribution in [0.5, 0.6) is 0 Å². The van der Waals surface area contributed by atoms with E-state index >= 15 is 0 Å². The molecule has 0 bridgehead atoms. The molecule has 1 fully saturated rings. The summed E-state index contributed by atoms with van der Waals surface area (Å²) in [6.45, 7) is 0.880. The lowest BCUT2D eigenvalue weighted by atomic mass is 9.85. The second-order valence-electron chi connectivity index (χ2n) is 6.66. The molecule has 6 atom stereocenters. The first-order valence-electron chi connectivity index (χ1n) is 8.65. The van der Waals surface area contributed by atoms with E-state index < -0.39 is 60.9 Å². The Balaban J connectivity index is 2.76. The van der Waals surface area contributed by atoms with Crippen molar-refractivity contribution in [1.29, 1.82) is 0 Å². The Hall–Kier alpha value is -1.67. The highest BCUT2D eigenvalue weighted by Crippen LogP contribution is 2.30. The molecule has 0 spiro atoms. The van der Waals surface area contributed by atoms with Gasteiger partial charge in [-0.1, -0.05) is 0 Å². The number of ether oxygens (including phenoxy) is 2. The lowest BCUT2D eigenvalue weighted by molar-refractivity contribution is -0.208. The number of carbonyl (C=O) groups is 3. The third-order valence-corrected chi connectivity index (χ3v) is 4.18. The minimum atomic E-state index is -1.71. The second kappa shape index (κ2) is 11.4. The van der Waals surface area contributed by atoms with Crippen LogP contribution >= 0.6 is 0 Å². The summed E-state index contributed by atoms with van der Waals surface area (Å²) in [5, 5.41) is 41.6. The molecule has 0 aromatic heterocycles. The van der Waals surface area contributed by atoms with Gasteiger partial charge >= 0.3 is 0 Å². The summed E-state index contributed by atoms with van der Waals surface area (Å²) >= 11 is 0. The Kier molecular flexibility index (Phi) is 9.89. The van der Waals surface area contributed by atoms with Crippen LogP contribution in [0.3, 0.4) is 0 Å². The summed E-state index contributed by atoms with van der Waals surface area (Å²) in [4.78, 5) is 39.8. The van der Waals surface area contributed by atoms with Crippen molar-refractivity contribution in [2.24, 2.45) is 0 Å². The lowest BCUT2D eigenvalue weighted by Gasteiger charge is -2.45. The molecule has 1 aliphatic rings. The van der Waals surface area contributed by atoms with E-state index in [0.29, 0.717) is 6.29 Å². The van der Waals surface area contributed by atoms with Crippen LogP contribution < -0.4 is 10.8 Å². The lowest BCUT2D eigenvalue weighted by Crippen LogP contribution is -2.65. The highest BCUT2D eigenvalue weighted by atomic mass is 16.7. The van der Waals surface area contributed by atoms with Crippen LogP contribution in [0.2, 0.25) is 0 Å². The molecule has 162 valence electrons. The van der Waals surface area contributed by atoms with E-state index in [1.807, 2.05) is 5.48 Å². The maximum Gasteiger partial charge on any atom is 0.252 e. The van der Waals surface area contributed by atoms with Gasteiger partial charge in [-0.15, -0.1) is 0 Å². The van der Waals surface area contributed by atoms with E-state index in [9.17, 15) is 29.7 Å². The molecule has 0 aromatic carbocycles. The molecular formula is C16H28N2O10. The van der Waals surface area contributed by atoms with Gasteiger partial charge in [0.15, 0.2) is 6.29 Å². The molecule has 1 heterocycles. The number of hydrogen-bond acceptors (Lipinski definition) is 10. The number of aliphatic hydroxyl groups excluding tert-OH is 4. The van der Waals surface area contributed by atoms with E-state index in [2.05, 4.69) is 5.32 Å². The van der Waals surface area contributed by atoms with Crippen LogP contribution in [0.1, 0.15) is 19.8 Å². The van der Waals surface area contributed by atoms with Crippen molar-refractivity contribution < 1.29 is 49.1 Å². The zero-order chi connectivity index (χ0) is 21.3. The third-order valence-electron chi connectivity index (χ3n) is 4.18. The fourth-order valence-corrected chi connectivity index (χ4v) is 2.73. The van der Waals surface area contributed by atoms with Crippen molar-refractivity contribution in [2.75, 3.05) is 26.9 Å². The molecule has 28 heavy (non-hydrogen) atoms. The van der Waals surface area contributed by atoms with Crippen molar-refractivity contribution in [2.45, 2.75) is 55.8 Å². The molecule has 12 nitrogen and oxygen atoms in total. The highest BCUT2D eigenvalue weighted by Gasteiger charge is 2.48. The Morgan fingerprint density at radius 1 is 1.32 bits per heavy atom. The molecule has 1 unspecified atom stereocenters. The van der Waals surface area contributed by atoms with Crippen molar-refractivity contribution >= 4 is 18.1 Å². The number of carbonyl (C=O) groups excluding carboxylic acids is 3. The number of amides is 2. The predicted molar refractivity (Wildman–Crippen MR) is 91.6 cm³/mol. The fraction of sp³-hybridized carbons (Fsp3) is 0.812. The largest absolute Gasteiger partial charge is 0.394 e. The third kappa shape index (κ3) is 7.05. The topological polar surface area (TPSA) is 184 Å². The summed E-state index contributed by atoms with van der Waals surface area (Å²) < 4.78 is 10.2. The van der Waals surface area contributed by atoms with E-state index in [-0.39, 0.29) is 19.6 Å². The van der Waals surface area contributed by atoms with Crippen LogP contribution in [0.25, 0.3) is 0 Å². The van der Waals surface area contributed by atoms with Crippen molar-refractivity contribution in [3.05, 3.63) is 0 Å². The molecule has 1 aliphatic heterocycles. The Labute approximate surface area is 161 Å². The Morgan fingerprint density at radius 2 is 2.00 bits per heavy atom. The van der Waals surface area contributed by atoms with Crippen molar-refractivity contribution in [3.8, 4) is 0 Å². The normalized spacial score (nSPS) is 29.6. The monoisotopic (exact) mass is 408 g/mol. The van der Waals surface area contributed by atoms with Gasteiger partial charge in [-0.2, -0.15) is 0 Å². The molecule has 0 aromatic rings. The Morgan fingerprint density at radius 3 is 2.57 bits per heavy atom. The smallest absolute Gasteiger partial charge is 0.252 e. The average molecular weight is 408 g/mol. The van der Waals surface area contributed by atoms with Crippen LogP contribution in [-0.4, -0.2) is 102 Å². The van der Waals surface area contributed by atoms with E-state index in [1.54, 1.807) is 0 Å². The van der Waals surface area contributed by atoms with E-state index in [4.69, 9.17) is 19.4 Å². The highest BCUT2D eigenvalue weighted by molar-refractivity contribution is 5.96. The van der Waals surface area contributed by atoms with Gasteiger partial charge in [0.1, 0.15) is 30.3 Å². The summed E-state index contributed by atoms with van der Waals surface area (Å²) in [7, 11) is 1.45. The molecule has 1 saturated heterocycles. The fourth-order valence-electron chi connectivity index (χ4n) is 2.73. The quantitative estimate of drug-likeness (QED) is 0.0863. The van der Waals surface area contributed by atoms with Crippen LogP contribution in [0.15, 0.2) is 0 Å². The number of nitrogens with one attached hydrogen (secondary N) is 2. The standard InChI is InChI=1S/C16H28N2O10/c1-16(8-20)6-9(21)13(15(28-16)14(25)10(22)7-19)17-11(23)5-12(24)18-27-4-3-26-2/h8-10,13-15,19,21-22,25H,3-7H2,1-2H3,(H,17,23)(H,18,24)/t9-,10+,13+,14+,15?,16-/m0/s1. The second-order valence-corrected chi connectivity index (χ2v) is 6.66. The molecule has 1 rings (SSSR count). The summed E-state index contributed by atoms with van der Waals surface area (Å²) in [6, 6.07) is -1.24. The van der Waals surface area contributed by atoms with Crippen LogP contribution in [0, 0.1) is 0 Å². The number of aldehydes is 1. The average Bonchev–Trinajstić information content (AvgIpc) is 2.66. The molecule has 2 amide bonds. The van der Waals surface area contributed by atoms with Gasteiger partial charge < -0.3 is 40.0 Å². The van der Waals surface area contributed by atoms with Gasteiger partial charge in [0.25, 0.3) is 5.91 Å². The van der Waals surface area contributed by atoms with Crippen molar-refractivity contribution in [3.63, 3.8) is 0 Å². The first-order valence-corrected chi connectivity index (χ1v) is 8.65. The van der Waals surface area contributed by atoms with Crippen molar-refractivity contribution in [1.82, 2.24) is 10.8 Å². The van der Waals surface area contributed by atoms with Gasteiger partial charge in [0, 0.05) is 13.5 Å². The van der Waals surface area contributed by atoms with Gasteiger partial charge in [-0.05, 0) is 6.92 Å². The molecule has 0 aliphatic carbocycles. The number of rotatable bonds is 11.